The summed E-state index contributed by atoms with van der Waals surface area (Å²) in [6.07, 6.45) is 1.78. The molecule has 0 spiro atoms. The predicted octanol–water partition coefficient (Wildman–Crippen LogP) is 7.41. The molecule has 0 amide bonds. The van der Waals surface area contributed by atoms with Gasteiger partial charge in [-0.3, -0.25) is 0 Å². The van der Waals surface area contributed by atoms with E-state index in [-0.39, 0.29) is 0 Å². The highest BCUT2D eigenvalue weighted by molar-refractivity contribution is 9.10. The van der Waals surface area contributed by atoms with Crippen LogP contribution in [0.15, 0.2) is 81.5 Å². The minimum absolute atomic E-state index is 0.363. The minimum Gasteiger partial charge on any atom is -0.489 e. The quantitative estimate of drug-likeness (QED) is 0.166. The molecule has 4 aromatic rings. The van der Waals surface area contributed by atoms with E-state index < -0.39 is 0 Å². The van der Waals surface area contributed by atoms with Gasteiger partial charge in [0, 0.05) is 25.8 Å². The Labute approximate surface area is 214 Å². The molecule has 4 rings (SSSR count). The van der Waals surface area contributed by atoms with Gasteiger partial charge >= 0.3 is 0 Å². The van der Waals surface area contributed by atoms with E-state index >= 15 is 0 Å². The number of hydrogen-bond donors (Lipinski definition) is 0. The number of thioether (sulfide) groups is 1. The largest absolute Gasteiger partial charge is 0.489 e. The normalized spacial score (nSPS) is 11.3. The van der Waals surface area contributed by atoms with Crippen molar-refractivity contribution in [3.63, 3.8) is 0 Å². The van der Waals surface area contributed by atoms with E-state index in [0.717, 1.165) is 38.1 Å². The molecule has 0 bridgehead atoms. The van der Waals surface area contributed by atoms with Crippen molar-refractivity contribution in [3.8, 4) is 5.75 Å². The van der Waals surface area contributed by atoms with E-state index in [1.54, 1.807) is 34.8 Å². The Hall–Kier alpha value is -2.32. The van der Waals surface area contributed by atoms with Crippen molar-refractivity contribution in [1.29, 1.82) is 0 Å². The first-order valence-electron chi connectivity index (χ1n) is 9.98. The van der Waals surface area contributed by atoms with Gasteiger partial charge in [0.25, 0.3) is 0 Å². The topological polar surface area (TPSA) is 52.3 Å². The second kappa shape index (κ2) is 11.2. The summed E-state index contributed by atoms with van der Waals surface area (Å²) in [4.78, 5) is 0. The molecule has 0 N–H and O–H groups in total. The van der Waals surface area contributed by atoms with E-state index in [1.165, 1.54) is 5.56 Å². The Bertz CT molecular complexity index is 1260. The van der Waals surface area contributed by atoms with Gasteiger partial charge in [-0.05, 0) is 66.6 Å². The maximum Gasteiger partial charge on any atom is 0.212 e. The summed E-state index contributed by atoms with van der Waals surface area (Å²) < 4.78 is 8.64. The van der Waals surface area contributed by atoms with E-state index in [2.05, 4.69) is 43.4 Å². The van der Waals surface area contributed by atoms with Crippen LogP contribution in [0, 0.1) is 6.92 Å². The van der Waals surface area contributed by atoms with Crippen molar-refractivity contribution >= 4 is 57.1 Å². The summed E-state index contributed by atoms with van der Waals surface area (Å²) in [7, 11) is 0. The van der Waals surface area contributed by atoms with E-state index in [1.807, 2.05) is 49.4 Å². The fraction of sp³-hybridized carbons (Fsp3) is 0.125. The van der Waals surface area contributed by atoms with Crippen molar-refractivity contribution in [1.82, 2.24) is 14.9 Å². The monoisotopic (exact) mass is 560 g/mol. The lowest BCUT2D eigenvalue weighted by Gasteiger charge is -2.08. The Kier molecular flexibility index (Phi) is 8.09. The maximum atomic E-state index is 6.20. The highest BCUT2D eigenvalue weighted by Gasteiger charge is 2.09. The van der Waals surface area contributed by atoms with Crippen LogP contribution in [0.25, 0.3) is 0 Å². The number of halogens is 3. The van der Waals surface area contributed by atoms with Crippen LogP contribution in [0.2, 0.25) is 10.0 Å². The summed E-state index contributed by atoms with van der Waals surface area (Å²) in [5.74, 6) is 2.25. The standard InChI is InChI=1S/C24H19BrCl2N4OS/c1-16-29-30-24(33-15-18-2-7-20(25)8-3-18)31(16)28-13-17-4-10-22(11-5-17)32-14-19-6-9-21(26)12-23(19)27/h2-13H,14-15H2,1H3/b28-13+. The van der Waals surface area contributed by atoms with Crippen molar-refractivity contribution in [2.45, 2.75) is 24.4 Å². The SMILES string of the molecule is Cc1nnc(SCc2ccc(Br)cc2)n1/N=C/c1ccc(OCc2ccc(Cl)cc2Cl)cc1. The number of hydrogen-bond acceptors (Lipinski definition) is 5. The Morgan fingerprint density at radius 3 is 2.52 bits per heavy atom. The van der Waals surface area contributed by atoms with Crippen LogP contribution >= 0.6 is 50.9 Å². The number of aryl methyl sites for hydroxylation is 1. The first-order chi connectivity index (χ1) is 16.0. The minimum atomic E-state index is 0.363. The molecule has 0 saturated carbocycles. The van der Waals surface area contributed by atoms with E-state index in [4.69, 9.17) is 27.9 Å². The predicted molar refractivity (Wildman–Crippen MR) is 139 cm³/mol. The van der Waals surface area contributed by atoms with Gasteiger partial charge in [0.1, 0.15) is 12.4 Å². The highest BCUT2D eigenvalue weighted by atomic mass is 79.9. The van der Waals surface area contributed by atoms with Crippen LogP contribution in [-0.2, 0) is 12.4 Å². The first-order valence-corrected chi connectivity index (χ1v) is 12.5. The summed E-state index contributed by atoms with van der Waals surface area (Å²) in [5, 5.41) is 14.9. The zero-order valence-electron chi connectivity index (χ0n) is 17.6. The van der Waals surface area contributed by atoms with Crippen LogP contribution in [0.5, 0.6) is 5.75 Å². The molecule has 5 nitrogen and oxygen atoms in total. The molecule has 0 radical (unpaired) electrons. The van der Waals surface area contributed by atoms with Gasteiger partial charge in [-0.1, -0.05) is 69.1 Å². The van der Waals surface area contributed by atoms with Crippen LogP contribution in [-0.4, -0.2) is 21.1 Å². The van der Waals surface area contributed by atoms with Crippen molar-refractivity contribution in [2.24, 2.45) is 5.10 Å². The van der Waals surface area contributed by atoms with Crippen molar-refractivity contribution in [3.05, 3.63) is 104 Å². The van der Waals surface area contributed by atoms with E-state index in [0.29, 0.717) is 16.7 Å². The number of nitrogens with zero attached hydrogens (tertiary/aromatic N) is 4. The maximum absolute atomic E-state index is 6.20. The van der Waals surface area contributed by atoms with Gasteiger partial charge in [0.2, 0.25) is 5.16 Å². The summed E-state index contributed by atoms with van der Waals surface area (Å²) >= 11 is 17.2. The van der Waals surface area contributed by atoms with Crippen LogP contribution in [0.4, 0.5) is 0 Å². The Morgan fingerprint density at radius 1 is 1.03 bits per heavy atom. The molecule has 0 fully saturated rings. The molecule has 168 valence electrons. The average Bonchev–Trinajstić information content (AvgIpc) is 3.16. The van der Waals surface area contributed by atoms with Crippen molar-refractivity contribution < 1.29 is 4.74 Å². The molecule has 1 aromatic heterocycles. The van der Waals surface area contributed by atoms with Gasteiger partial charge < -0.3 is 4.74 Å². The third-order valence-corrected chi connectivity index (χ3v) is 6.77. The molecule has 0 aliphatic rings. The molecule has 0 saturated heterocycles. The Balaban J connectivity index is 1.37. The second-order valence-corrected chi connectivity index (χ2v) is 9.80. The van der Waals surface area contributed by atoms with Gasteiger partial charge in [-0.15, -0.1) is 10.2 Å². The fourth-order valence-electron chi connectivity index (χ4n) is 2.86. The third-order valence-electron chi connectivity index (χ3n) is 4.66. The Morgan fingerprint density at radius 2 is 1.79 bits per heavy atom. The van der Waals surface area contributed by atoms with Crippen molar-refractivity contribution in [2.75, 3.05) is 0 Å². The molecule has 3 aromatic carbocycles. The smallest absolute Gasteiger partial charge is 0.212 e. The molecular formula is C24H19BrCl2N4OS. The first kappa shape index (κ1) is 23.8. The molecule has 33 heavy (non-hydrogen) atoms. The lowest BCUT2D eigenvalue weighted by atomic mass is 10.2. The third kappa shape index (κ3) is 6.60. The lowest BCUT2D eigenvalue weighted by Crippen LogP contribution is -1.98. The molecular weight excluding hydrogens is 543 g/mol. The summed E-state index contributed by atoms with van der Waals surface area (Å²) in [6.45, 7) is 2.25. The summed E-state index contributed by atoms with van der Waals surface area (Å²) in [6, 6.07) is 21.3. The molecule has 0 atom stereocenters. The van der Waals surface area contributed by atoms with E-state index in [9.17, 15) is 0 Å². The molecule has 0 unspecified atom stereocenters. The van der Waals surface area contributed by atoms with Crippen LogP contribution < -0.4 is 4.74 Å². The lowest BCUT2D eigenvalue weighted by molar-refractivity contribution is 0.306. The number of benzene rings is 3. The van der Waals surface area contributed by atoms with Crippen LogP contribution in [0.3, 0.4) is 0 Å². The number of ether oxygens (including phenoxy) is 1. The van der Waals surface area contributed by atoms with Gasteiger partial charge in [0.15, 0.2) is 5.82 Å². The zero-order valence-corrected chi connectivity index (χ0v) is 21.5. The molecule has 9 heteroatoms. The highest BCUT2D eigenvalue weighted by Crippen LogP contribution is 2.24. The van der Waals surface area contributed by atoms with Gasteiger partial charge in [-0.2, -0.15) is 9.78 Å². The molecule has 0 aliphatic heterocycles. The fourth-order valence-corrected chi connectivity index (χ4v) is 4.48. The van der Waals surface area contributed by atoms with Gasteiger partial charge in [0.05, 0.1) is 6.21 Å². The zero-order chi connectivity index (χ0) is 23.2. The number of rotatable bonds is 8. The summed E-state index contributed by atoms with van der Waals surface area (Å²) in [5.41, 5.74) is 3.02. The average molecular weight is 562 g/mol. The second-order valence-electron chi connectivity index (χ2n) is 7.09. The van der Waals surface area contributed by atoms with Crippen LogP contribution in [0.1, 0.15) is 22.5 Å². The number of aromatic nitrogens is 3. The molecule has 0 aliphatic carbocycles. The van der Waals surface area contributed by atoms with Gasteiger partial charge in [-0.25, -0.2) is 0 Å². The molecule has 1 heterocycles.